The molecule has 1 aliphatic rings. The average Bonchev–Trinajstić information content (AvgIpc) is 1.91. The van der Waals surface area contributed by atoms with Gasteiger partial charge in [-0.05, 0) is 6.42 Å². The van der Waals surface area contributed by atoms with Crippen molar-refractivity contribution in [1.82, 2.24) is 10.6 Å². The first-order valence-corrected chi connectivity index (χ1v) is 3.29. The Balaban J connectivity index is 2.08. The summed E-state index contributed by atoms with van der Waals surface area (Å²) in [6.45, 7) is 2.60. The summed E-state index contributed by atoms with van der Waals surface area (Å²) in [6.07, 6.45) is 1.12. The Morgan fingerprint density at radius 2 is 2.67 bits per heavy atom. The number of nitrogens with one attached hydrogen (secondary N) is 1. The van der Waals surface area contributed by atoms with Crippen LogP contribution in [0.25, 0.3) is 0 Å². The number of ether oxygens (including phenoxy) is 1. The van der Waals surface area contributed by atoms with E-state index in [9.17, 15) is 0 Å². The highest BCUT2D eigenvalue weighted by molar-refractivity contribution is 4.70. The lowest BCUT2D eigenvalue weighted by atomic mass is 10.2. The molecule has 1 atom stereocenters. The standard InChI is InChI=1S/C6H13N2O/c1-9-4-6-2-3-7-5-8-6/h6,8H,2-5H2,1H3. The van der Waals surface area contributed by atoms with E-state index in [1.165, 1.54) is 0 Å². The first kappa shape index (κ1) is 6.99. The van der Waals surface area contributed by atoms with Crippen molar-refractivity contribution in [2.45, 2.75) is 12.5 Å². The normalized spacial score (nSPS) is 28.3. The van der Waals surface area contributed by atoms with Crippen molar-refractivity contribution < 1.29 is 4.74 Å². The molecule has 53 valence electrons. The van der Waals surface area contributed by atoms with Gasteiger partial charge in [0.1, 0.15) is 0 Å². The second-order valence-corrected chi connectivity index (χ2v) is 2.25. The van der Waals surface area contributed by atoms with Gasteiger partial charge in [-0.2, -0.15) is 0 Å². The van der Waals surface area contributed by atoms with E-state index in [4.69, 9.17) is 4.74 Å². The van der Waals surface area contributed by atoms with Crippen molar-refractivity contribution in [1.29, 1.82) is 0 Å². The fourth-order valence-corrected chi connectivity index (χ4v) is 0.965. The van der Waals surface area contributed by atoms with Gasteiger partial charge in [0.2, 0.25) is 0 Å². The number of rotatable bonds is 2. The van der Waals surface area contributed by atoms with Gasteiger partial charge in [0.25, 0.3) is 0 Å². The predicted octanol–water partition coefficient (Wildman–Crippen LogP) is -0.443. The molecule has 1 heterocycles. The van der Waals surface area contributed by atoms with E-state index in [0.717, 1.165) is 26.2 Å². The summed E-state index contributed by atoms with van der Waals surface area (Å²) in [5.41, 5.74) is 0. The molecular formula is C6H13N2O. The Morgan fingerprint density at radius 3 is 3.22 bits per heavy atom. The van der Waals surface area contributed by atoms with Gasteiger partial charge < -0.3 is 4.74 Å². The molecule has 1 unspecified atom stereocenters. The Kier molecular flexibility index (Phi) is 2.97. The topological polar surface area (TPSA) is 35.4 Å². The average molecular weight is 129 g/mol. The van der Waals surface area contributed by atoms with Gasteiger partial charge in [0.15, 0.2) is 0 Å². The smallest absolute Gasteiger partial charge is 0.0626 e. The van der Waals surface area contributed by atoms with E-state index in [-0.39, 0.29) is 0 Å². The van der Waals surface area contributed by atoms with Gasteiger partial charge in [-0.3, -0.25) is 5.32 Å². The third-order valence-electron chi connectivity index (χ3n) is 1.50. The molecule has 1 aliphatic heterocycles. The zero-order chi connectivity index (χ0) is 6.53. The van der Waals surface area contributed by atoms with Crippen LogP contribution in [0.4, 0.5) is 0 Å². The van der Waals surface area contributed by atoms with Crippen LogP contribution in [0.1, 0.15) is 6.42 Å². The monoisotopic (exact) mass is 129 g/mol. The highest BCUT2D eigenvalue weighted by atomic mass is 16.5. The summed E-state index contributed by atoms with van der Waals surface area (Å²) in [4.78, 5) is 0. The summed E-state index contributed by atoms with van der Waals surface area (Å²) < 4.78 is 4.98. The third-order valence-corrected chi connectivity index (χ3v) is 1.50. The Morgan fingerprint density at radius 1 is 1.78 bits per heavy atom. The van der Waals surface area contributed by atoms with Crippen LogP contribution in [0.15, 0.2) is 0 Å². The Labute approximate surface area is 55.8 Å². The number of hydrogen-bond donors (Lipinski definition) is 1. The minimum Gasteiger partial charge on any atom is -0.383 e. The second kappa shape index (κ2) is 3.82. The minimum atomic E-state index is 0.535. The number of methoxy groups -OCH3 is 1. The quantitative estimate of drug-likeness (QED) is 0.548. The molecule has 3 nitrogen and oxygen atoms in total. The minimum absolute atomic E-state index is 0.535. The van der Waals surface area contributed by atoms with Crippen molar-refractivity contribution in [3.05, 3.63) is 0 Å². The van der Waals surface area contributed by atoms with Crippen molar-refractivity contribution in [3.8, 4) is 0 Å². The van der Waals surface area contributed by atoms with Crippen molar-refractivity contribution in [2.75, 3.05) is 26.9 Å². The predicted molar refractivity (Wildman–Crippen MR) is 35.3 cm³/mol. The van der Waals surface area contributed by atoms with Crippen LogP contribution in [0, 0.1) is 0 Å². The van der Waals surface area contributed by atoms with Gasteiger partial charge in [-0.15, -0.1) is 0 Å². The molecule has 1 radical (unpaired) electrons. The maximum absolute atomic E-state index is 4.98. The van der Waals surface area contributed by atoms with Crippen LogP contribution >= 0.6 is 0 Å². The fourth-order valence-electron chi connectivity index (χ4n) is 0.965. The van der Waals surface area contributed by atoms with Gasteiger partial charge in [-0.1, -0.05) is 0 Å². The number of hydrogen-bond acceptors (Lipinski definition) is 2. The zero-order valence-corrected chi connectivity index (χ0v) is 5.76. The van der Waals surface area contributed by atoms with Crippen molar-refractivity contribution in [3.63, 3.8) is 0 Å². The van der Waals surface area contributed by atoms with Gasteiger partial charge >= 0.3 is 0 Å². The van der Waals surface area contributed by atoms with Gasteiger partial charge in [0.05, 0.1) is 13.3 Å². The highest BCUT2D eigenvalue weighted by Gasteiger charge is 2.10. The SMILES string of the molecule is COCC1CC[N]CN1. The molecule has 1 N–H and O–H groups in total. The van der Waals surface area contributed by atoms with E-state index >= 15 is 0 Å². The summed E-state index contributed by atoms with van der Waals surface area (Å²) >= 11 is 0. The van der Waals surface area contributed by atoms with Crippen LogP contribution in [0.2, 0.25) is 0 Å². The lowest BCUT2D eigenvalue weighted by molar-refractivity contribution is 0.152. The summed E-state index contributed by atoms with van der Waals surface area (Å²) in [6, 6.07) is 0.535. The first-order valence-electron chi connectivity index (χ1n) is 3.29. The molecule has 0 bridgehead atoms. The van der Waals surface area contributed by atoms with Crippen LogP contribution in [0.3, 0.4) is 0 Å². The van der Waals surface area contributed by atoms with Crippen LogP contribution in [-0.2, 0) is 4.74 Å². The first-order chi connectivity index (χ1) is 4.43. The Hall–Kier alpha value is -0.120. The van der Waals surface area contributed by atoms with Gasteiger partial charge in [-0.25, -0.2) is 5.32 Å². The van der Waals surface area contributed by atoms with Crippen LogP contribution in [0.5, 0.6) is 0 Å². The van der Waals surface area contributed by atoms with E-state index in [2.05, 4.69) is 10.6 Å². The molecule has 0 saturated carbocycles. The van der Waals surface area contributed by atoms with E-state index in [1.807, 2.05) is 0 Å². The van der Waals surface area contributed by atoms with Crippen molar-refractivity contribution >= 4 is 0 Å². The van der Waals surface area contributed by atoms with Crippen LogP contribution < -0.4 is 10.6 Å². The van der Waals surface area contributed by atoms with Gasteiger partial charge in [0, 0.05) is 19.7 Å². The maximum atomic E-state index is 4.98. The molecular weight excluding hydrogens is 116 g/mol. The van der Waals surface area contributed by atoms with E-state index in [0.29, 0.717) is 6.04 Å². The molecule has 1 fully saturated rings. The maximum Gasteiger partial charge on any atom is 0.0626 e. The molecule has 0 amide bonds. The highest BCUT2D eigenvalue weighted by Crippen LogP contribution is 1.94. The lowest BCUT2D eigenvalue weighted by Gasteiger charge is -2.21. The summed E-state index contributed by atoms with van der Waals surface area (Å²) in [7, 11) is 1.73. The largest absolute Gasteiger partial charge is 0.383 e. The lowest BCUT2D eigenvalue weighted by Crippen LogP contribution is -2.43. The van der Waals surface area contributed by atoms with E-state index in [1.54, 1.807) is 7.11 Å². The molecule has 0 spiro atoms. The second-order valence-electron chi connectivity index (χ2n) is 2.25. The number of nitrogens with zero attached hydrogens (tertiary/aromatic N) is 1. The zero-order valence-electron chi connectivity index (χ0n) is 5.76. The van der Waals surface area contributed by atoms with E-state index < -0.39 is 0 Å². The molecule has 0 aromatic heterocycles. The summed E-state index contributed by atoms with van der Waals surface area (Å²) in [5, 5.41) is 7.37. The van der Waals surface area contributed by atoms with Crippen LogP contribution in [-0.4, -0.2) is 33.0 Å². The molecule has 1 saturated heterocycles. The molecule has 1 rings (SSSR count). The molecule has 3 heteroatoms. The Bertz CT molecular complexity index is 68.7. The molecule has 9 heavy (non-hydrogen) atoms. The van der Waals surface area contributed by atoms with Crippen molar-refractivity contribution in [2.24, 2.45) is 0 Å². The molecule has 0 aromatic carbocycles. The molecule has 0 aliphatic carbocycles. The third kappa shape index (κ3) is 2.30. The summed E-state index contributed by atoms with van der Waals surface area (Å²) in [5.74, 6) is 0. The molecule has 0 aromatic rings. The fraction of sp³-hybridized carbons (Fsp3) is 1.00.